The maximum Gasteiger partial charge on any atom is 0.0331 e. The lowest BCUT2D eigenvalue weighted by molar-refractivity contribution is 1.21. The maximum absolute atomic E-state index is 6.11. The molecule has 82 valence electrons. The Morgan fingerprint density at radius 2 is 1.81 bits per heavy atom. The van der Waals surface area contributed by atoms with Gasteiger partial charge in [0.15, 0.2) is 0 Å². The minimum atomic E-state index is 0.269. The Labute approximate surface area is 108 Å². The molecule has 16 heavy (non-hydrogen) atoms. The number of benzene rings is 2. The van der Waals surface area contributed by atoms with Crippen LogP contribution in [0.3, 0.4) is 0 Å². The molecule has 0 amide bonds. The zero-order valence-corrected chi connectivity index (χ0v) is 12.5. The van der Waals surface area contributed by atoms with Crippen LogP contribution in [0.4, 0.5) is 0 Å². The van der Waals surface area contributed by atoms with E-state index in [0.29, 0.717) is 0 Å². The van der Waals surface area contributed by atoms with Crippen molar-refractivity contribution in [2.24, 2.45) is 0 Å². The molecule has 2 aromatic rings. The van der Waals surface area contributed by atoms with E-state index < -0.39 is 0 Å². The van der Waals surface area contributed by atoms with Gasteiger partial charge in [-0.1, -0.05) is 65.7 Å². The first kappa shape index (κ1) is 11.7. The van der Waals surface area contributed by atoms with Gasteiger partial charge in [-0.25, -0.2) is 0 Å². The molecule has 0 heterocycles. The number of allylic oxidation sites excluding steroid dienone is 1. The third kappa shape index (κ3) is 2.17. The van der Waals surface area contributed by atoms with Crippen molar-refractivity contribution in [1.29, 1.82) is 0 Å². The van der Waals surface area contributed by atoms with Crippen LogP contribution in [-0.2, 0) is 0 Å². The summed E-state index contributed by atoms with van der Waals surface area (Å²) in [6, 6.07) is 14.7. The highest BCUT2D eigenvalue weighted by atomic mass is 35.5. The van der Waals surface area contributed by atoms with Gasteiger partial charge in [-0.2, -0.15) is 0 Å². The highest BCUT2D eigenvalue weighted by molar-refractivity contribution is 6.40. The average Bonchev–Trinajstić information content (AvgIpc) is 2.36. The fourth-order valence-electron chi connectivity index (χ4n) is 1.87. The molecule has 0 nitrogen and oxygen atoms in total. The van der Waals surface area contributed by atoms with E-state index in [4.69, 9.17) is 23.2 Å². The summed E-state index contributed by atoms with van der Waals surface area (Å²) in [6.07, 6.45) is 0. The Morgan fingerprint density at radius 3 is 2.56 bits per heavy atom. The normalized spacial score (nSPS) is 14.2. The van der Waals surface area contributed by atoms with Crippen molar-refractivity contribution in [2.45, 2.75) is 5.54 Å². The molecular weight excluding hydrogens is 255 g/mol. The van der Waals surface area contributed by atoms with E-state index >= 15 is 0 Å². The quantitative estimate of drug-likeness (QED) is 0.730. The number of rotatable bonds is 2. The van der Waals surface area contributed by atoms with Crippen molar-refractivity contribution in [1.82, 2.24) is 0 Å². The molecule has 0 fully saturated rings. The van der Waals surface area contributed by atoms with E-state index in [1.54, 1.807) is 0 Å². The third-order valence-electron chi connectivity index (χ3n) is 2.81. The fourth-order valence-corrected chi connectivity index (χ4v) is 3.06. The second-order valence-corrected chi connectivity index (χ2v) is 5.59. The molecule has 0 saturated heterocycles. The van der Waals surface area contributed by atoms with Gasteiger partial charge in [0.1, 0.15) is 0 Å². The van der Waals surface area contributed by atoms with Crippen molar-refractivity contribution >= 4 is 44.2 Å². The summed E-state index contributed by atoms with van der Waals surface area (Å²) in [4.78, 5) is 0. The molecule has 0 aliphatic rings. The number of halogens is 2. The second kappa shape index (κ2) is 5.04. The molecule has 0 spiro atoms. The SMILES string of the molecule is [SiH3]C(C(Cl)=CCl)c1cccc2ccccc12. The molecule has 0 aliphatic carbocycles. The van der Waals surface area contributed by atoms with Crippen LogP contribution in [0.2, 0.25) is 0 Å². The molecule has 0 radical (unpaired) electrons. The van der Waals surface area contributed by atoms with E-state index in [1.807, 2.05) is 6.07 Å². The number of hydrogen-bond donors (Lipinski definition) is 0. The van der Waals surface area contributed by atoms with Crippen LogP contribution in [0.15, 0.2) is 53.0 Å². The Hall–Kier alpha value is -0.763. The largest absolute Gasteiger partial charge is 0.0917 e. The molecular formula is C13H12Cl2Si. The van der Waals surface area contributed by atoms with Gasteiger partial charge in [-0.15, -0.1) is 0 Å². The van der Waals surface area contributed by atoms with Gasteiger partial charge in [0.25, 0.3) is 0 Å². The summed E-state index contributed by atoms with van der Waals surface area (Å²) in [6.45, 7) is 0. The molecule has 1 unspecified atom stereocenters. The lowest BCUT2D eigenvalue weighted by atomic mass is 10.0. The lowest BCUT2D eigenvalue weighted by Gasteiger charge is -2.13. The molecule has 2 aromatic carbocycles. The second-order valence-electron chi connectivity index (χ2n) is 3.78. The lowest BCUT2D eigenvalue weighted by Crippen LogP contribution is -1.98. The molecule has 0 saturated carbocycles. The minimum absolute atomic E-state index is 0.269. The summed E-state index contributed by atoms with van der Waals surface area (Å²) in [5.41, 5.74) is 3.01. The van der Waals surface area contributed by atoms with Crippen LogP contribution in [0, 0.1) is 0 Å². The molecule has 1 atom stereocenters. The molecule has 3 heteroatoms. The van der Waals surface area contributed by atoms with Gasteiger partial charge in [0, 0.05) is 26.4 Å². The summed E-state index contributed by atoms with van der Waals surface area (Å²) < 4.78 is 0. The first-order valence-electron chi connectivity index (χ1n) is 5.17. The third-order valence-corrected chi connectivity index (χ3v) is 5.20. The maximum atomic E-state index is 6.11. The summed E-state index contributed by atoms with van der Waals surface area (Å²) in [7, 11) is 0.955. The van der Waals surface area contributed by atoms with Crippen molar-refractivity contribution < 1.29 is 0 Å². The van der Waals surface area contributed by atoms with Gasteiger partial charge in [0.2, 0.25) is 0 Å². The first-order valence-corrected chi connectivity index (χ1v) is 7.14. The van der Waals surface area contributed by atoms with Crippen molar-refractivity contribution in [3.05, 3.63) is 58.6 Å². The molecule has 0 aliphatic heterocycles. The molecule has 2 rings (SSSR count). The predicted molar refractivity (Wildman–Crippen MR) is 76.4 cm³/mol. The van der Waals surface area contributed by atoms with Crippen LogP contribution in [0.25, 0.3) is 10.8 Å². The Bertz CT molecular complexity index is 529. The Morgan fingerprint density at radius 1 is 1.12 bits per heavy atom. The van der Waals surface area contributed by atoms with Gasteiger partial charge in [0.05, 0.1) is 0 Å². The topological polar surface area (TPSA) is 0 Å². The van der Waals surface area contributed by atoms with Crippen LogP contribution in [0.1, 0.15) is 11.1 Å². The van der Waals surface area contributed by atoms with E-state index in [0.717, 1.165) is 15.3 Å². The van der Waals surface area contributed by atoms with Crippen LogP contribution in [-0.4, -0.2) is 10.2 Å². The molecule has 0 aromatic heterocycles. The summed E-state index contributed by atoms with van der Waals surface area (Å²) in [5.74, 6) is 0. The van der Waals surface area contributed by atoms with E-state index in [-0.39, 0.29) is 5.54 Å². The zero-order valence-electron chi connectivity index (χ0n) is 8.95. The van der Waals surface area contributed by atoms with E-state index in [1.165, 1.54) is 21.9 Å². The van der Waals surface area contributed by atoms with E-state index in [9.17, 15) is 0 Å². The Kier molecular flexibility index (Phi) is 3.69. The highest BCUT2D eigenvalue weighted by Crippen LogP contribution is 2.30. The molecule has 0 bridgehead atoms. The molecule has 0 N–H and O–H groups in total. The van der Waals surface area contributed by atoms with Gasteiger partial charge in [-0.3, -0.25) is 0 Å². The predicted octanol–water partition coefficient (Wildman–Crippen LogP) is 3.57. The van der Waals surface area contributed by atoms with Gasteiger partial charge in [-0.05, 0) is 16.3 Å². The Balaban J connectivity index is 2.60. The highest BCUT2D eigenvalue weighted by Gasteiger charge is 2.11. The summed E-state index contributed by atoms with van der Waals surface area (Å²) in [5, 5.41) is 3.24. The van der Waals surface area contributed by atoms with Gasteiger partial charge < -0.3 is 0 Å². The monoisotopic (exact) mass is 266 g/mol. The van der Waals surface area contributed by atoms with Gasteiger partial charge >= 0.3 is 0 Å². The average molecular weight is 267 g/mol. The summed E-state index contributed by atoms with van der Waals surface area (Å²) >= 11 is 11.8. The number of fused-ring (bicyclic) bond motifs is 1. The van der Waals surface area contributed by atoms with Crippen molar-refractivity contribution in [2.75, 3.05) is 0 Å². The first-order chi connectivity index (χ1) is 7.74. The van der Waals surface area contributed by atoms with Crippen LogP contribution >= 0.6 is 23.2 Å². The van der Waals surface area contributed by atoms with Crippen molar-refractivity contribution in [3.63, 3.8) is 0 Å². The van der Waals surface area contributed by atoms with Crippen molar-refractivity contribution in [3.8, 4) is 0 Å². The van der Waals surface area contributed by atoms with E-state index in [2.05, 4.69) is 36.4 Å². The number of hydrogen-bond acceptors (Lipinski definition) is 0. The zero-order chi connectivity index (χ0) is 11.5. The smallest absolute Gasteiger partial charge is 0.0331 e. The van der Waals surface area contributed by atoms with Crippen LogP contribution in [0.5, 0.6) is 0 Å². The fraction of sp³-hybridized carbons (Fsp3) is 0.0769. The standard InChI is InChI=1S/C13H12Cl2Si/c14-8-12(15)13(16)11-7-3-5-9-4-1-2-6-10(9)11/h1-8,13H,16H3. The minimum Gasteiger partial charge on any atom is -0.0917 e. The van der Waals surface area contributed by atoms with Crippen LogP contribution < -0.4 is 0 Å².